The SMILES string of the molecule is Nc1cc(C23CC4CC(CC(C4)C2)C3)c(Oc2ccc(C34CC5CC(c6ccc(Oc7cc(O)c(N)cc7C78CC9CC(CC(C9)C7)C8)cc6)(C3)CC(C36CC7CC(c8ccc(Oc9cc(O)c(N)cc9C9%10CC%11CC(CC(C%11)C9)C%10)cc8)(CC(c8ccc(Oc9cc(O)c(N)cc9C9%10CC%11CC(CC(C%11)C9)C%10)cc8)(C7)C3)C6)(C5)C4)cc2)cc1O. The van der Waals surface area contributed by atoms with Gasteiger partial charge in [-0.05, 0) is 463 Å². The summed E-state index contributed by atoms with van der Waals surface area (Å²) in [4.78, 5) is 0. The monoisotopic (exact) mass is 1600 g/mol. The van der Waals surface area contributed by atoms with Crippen LogP contribution in [0.25, 0.3) is 0 Å². The van der Waals surface area contributed by atoms with E-state index in [-0.39, 0.29) is 77.1 Å². The zero-order valence-electron chi connectivity index (χ0n) is 70.1. The maximum absolute atomic E-state index is 11.5. The van der Waals surface area contributed by atoms with Crippen molar-refractivity contribution in [2.24, 2.45) is 93.7 Å². The number of benzene rings is 8. The van der Waals surface area contributed by atoms with E-state index in [9.17, 15) is 20.4 Å². The number of aromatic hydroxyl groups is 4. The van der Waals surface area contributed by atoms with Crippen LogP contribution in [-0.2, 0) is 43.3 Å². The molecule has 0 heterocycles. The van der Waals surface area contributed by atoms with Crippen LogP contribution in [0.3, 0.4) is 0 Å². The van der Waals surface area contributed by atoms with Gasteiger partial charge in [-0.1, -0.05) is 48.5 Å². The Kier molecular flexibility index (Phi) is 15.3. The highest BCUT2D eigenvalue weighted by Gasteiger charge is 2.75. The first-order valence-electron chi connectivity index (χ1n) is 47.6. The van der Waals surface area contributed by atoms with E-state index in [1.54, 1.807) is 0 Å². The van der Waals surface area contributed by atoms with Crippen LogP contribution in [0.2, 0.25) is 0 Å². The quantitative estimate of drug-likeness (QED) is 0.0315. The molecule has 8 aromatic carbocycles. The van der Waals surface area contributed by atoms with Crippen LogP contribution in [0.5, 0.6) is 69.0 Å². The molecule has 0 radical (unpaired) electrons. The van der Waals surface area contributed by atoms with Crippen molar-refractivity contribution in [1.29, 1.82) is 0 Å². The number of ether oxygens (including phenoxy) is 4. The van der Waals surface area contributed by atoms with Crippen molar-refractivity contribution in [2.75, 3.05) is 22.9 Å². The second kappa shape index (κ2) is 25.1. The van der Waals surface area contributed by atoms with Gasteiger partial charge in [0.2, 0.25) is 0 Å². The van der Waals surface area contributed by atoms with Crippen LogP contribution in [-0.4, -0.2) is 20.4 Å². The zero-order chi connectivity index (χ0) is 80.2. The molecule has 24 bridgehead atoms. The lowest BCUT2D eigenvalue weighted by molar-refractivity contribution is -0.224. The molecular weight excluding hydrogens is 1480 g/mol. The smallest absolute Gasteiger partial charge is 0.142 e. The third-order valence-corrected chi connectivity index (χ3v) is 39.0. The van der Waals surface area contributed by atoms with Gasteiger partial charge in [0.1, 0.15) is 69.0 Å². The average Bonchev–Trinajstić information content (AvgIpc) is 0.651. The summed E-state index contributed by atoms with van der Waals surface area (Å²) in [5.41, 5.74) is 38.5. The van der Waals surface area contributed by atoms with Crippen LogP contribution < -0.4 is 41.9 Å². The predicted molar refractivity (Wildman–Crippen MR) is 470 cm³/mol. The van der Waals surface area contributed by atoms with E-state index in [4.69, 9.17) is 41.9 Å². The normalized spacial score (nSPS) is 41.4. The molecule has 24 aliphatic carbocycles. The number of phenolic OH excluding ortho intramolecular Hbond substituents is 4. The number of rotatable bonds is 17. The molecule has 622 valence electrons. The fraction of sp³-hybridized carbons (Fsp3) is 0.556. The van der Waals surface area contributed by atoms with E-state index < -0.39 is 0 Å². The number of nitrogen functional groups attached to an aromatic ring is 4. The first-order valence-corrected chi connectivity index (χ1v) is 47.6. The Balaban J connectivity index is 0.586. The Morgan fingerprint density at radius 1 is 0.208 bits per heavy atom. The molecule has 12 nitrogen and oxygen atoms in total. The summed E-state index contributed by atoms with van der Waals surface area (Å²) < 4.78 is 28.9. The summed E-state index contributed by atoms with van der Waals surface area (Å²) in [7, 11) is 0. The van der Waals surface area contributed by atoms with Gasteiger partial charge in [0.15, 0.2) is 0 Å². The zero-order valence-corrected chi connectivity index (χ0v) is 70.1. The summed E-state index contributed by atoms with van der Waals surface area (Å²) >= 11 is 0. The molecule has 120 heavy (non-hydrogen) atoms. The molecule has 4 atom stereocenters. The van der Waals surface area contributed by atoms with Gasteiger partial charge in [-0.25, -0.2) is 0 Å². The molecule has 0 amide bonds. The van der Waals surface area contributed by atoms with Crippen molar-refractivity contribution in [1.82, 2.24) is 0 Å². The summed E-state index contributed by atoms with van der Waals surface area (Å²) in [6.45, 7) is 0. The van der Waals surface area contributed by atoms with Crippen molar-refractivity contribution in [2.45, 2.75) is 274 Å². The molecule has 4 unspecified atom stereocenters. The summed E-state index contributed by atoms with van der Waals surface area (Å²) in [6.07, 6.45) is 43.9. The van der Waals surface area contributed by atoms with Crippen LogP contribution >= 0.6 is 0 Å². The Hall–Kier alpha value is -8.64. The van der Waals surface area contributed by atoms with E-state index in [2.05, 4.69) is 121 Å². The highest BCUT2D eigenvalue weighted by molar-refractivity contribution is 5.66. The first kappa shape index (κ1) is 72.9. The minimum Gasteiger partial charge on any atom is -0.506 e. The van der Waals surface area contributed by atoms with Crippen molar-refractivity contribution >= 4 is 22.7 Å². The molecule has 24 fully saturated rings. The Labute approximate surface area is 708 Å². The highest BCUT2D eigenvalue weighted by Crippen LogP contribution is 2.83. The number of anilines is 4. The van der Waals surface area contributed by atoms with E-state index in [0.717, 1.165) is 181 Å². The molecule has 12 N–H and O–H groups in total. The molecule has 0 aliphatic heterocycles. The van der Waals surface area contributed by atoms with Gasteiger partial charge >= 0.3 is 0 Å². The molecule has 32 rings (SSSR count). The van der Waals surface area contributed by atoms with Gasteiger partial charge in [-0.3, -0.25) is 0 Å². The van der Waals surface area contributed by atoms with Crippen molar-refractivity contribution in [3.8, 4) is 69.0 Å². The predicted octanol–water partition coefficient (Wildman–Crippen LogP) is 24.9. The standard InChI is InChI=1S/C108H122N4O8/c109-87-29-83(99-37-61-17-62(38-99)19-63(18-61)39-99)95(33-91(87)113)117-79-9-1-75(2-10-79)103-49-73-50-104(55-103,76-3-11-80(12-4-76)118-96-34-92(114)88(110)30-84(96)100-40-64-20-65(41-100)22-66(21-64)42-100)58-107(53-73,57-103)108-54-74-51-105(59-108,77-5-13-81(14-6-77)119-97-35-93(115)89(111)31-85(97)101-43-67-23-68(44-101)25-69(24-67)45-101)56-106(52-74,60-108)78-7-15-82(16-8-78)120-98-36-94(116)90(112)32-86(98)102-46-70-26-71(47-102)28-72(27-70)48-102/h1-16,29-36,61-74,113-116H,17-28,37-60,109-112H2. The third kappa shape index (κ3) is 11.0. The third-order valence-electron chi connectivity index (χ3n) is 39.0. The van der Waals surface area contributed by atoms with Gasteiger partial charge in [0, 0.05) is 46.5 Å². The van der Waals surface area contributed by atoms with Gasteiger partial charge < -0.3 is 62.3 Å². The largest absolute Gasteiger partial charge is 0.506 e. The minimum absolute atomic E-state index is 0.0151. The van der Waals surface area contributed by atoms with Crippen LogP contribution in [0.1, 0.15) is 276 Å². The Morgan fingerprint density at radius 2 is 0.383 bits per heavy atom. The summed E-state index contributed by atoms with van der Waals surface area (Å²) in [5.74, 6) is 16.5. The topological polar surface area (TPSA) is 222 Å². The van der Waals surface area contributed by atoms with Crippen LogP contribution in [0.4, 0.5) is 22.7 Å². The summed E-state index contributed by atoms with van der Waals surface area (Å²) in [5, 5.41) is 45.8. The van der Waals surface area contributed by atoms with Crippen molar-refractivity contribution in [3.63, 3.8) is 0 Å². The number of nitrogens with two attached hydrogens (primary N) is 4. The second-order valence-corrected chi connectivity index (χ2v) is 46.6. The molecule has 24 saturated carbocycles. The lowest BCUT2D eigenvalue weighted by atomic mass is 9.26. The maximum atomic E-state index is 11.5. The Morgan fingerprint density at radius 3 is 0.567 bits per heavy atom. The molecule has 24 aliphatic rings. The number of hydrogen-bond acceptors (Lipinski definition) is 12. The van der Waals surface area contributed by atoms with Crippen LogP contribution in [0, 0.1) is 93.7 Å². The second-order valence-electron chi connectivity index (χ2n) is 46.6. The molecule has 0 aromatic heterocycles. The fourth-order valence-electron chi connectivity index (χ4n) is 37.5. The van der Waals surface area contributed by atoms with Crippen LogP contribution in [0.15, 0.2) is 146 Å². The van der Waals surface area contributed by atoms with E-state index in [0.29, 0.717) is 34.6 Å². The van der Waals surface area contributed by atoms with Crippen molar-refractivity contribution < 1.29 is 39.4 Å². The van der Waals surface area contributed by atoms with E-state index in [1.165, 1.54) is 211 Å². The Bertz CT molecular complexity index is 4750. The first-order chi connectivity index (χ1) is 57.9. The molecule has 0 spiro atoms. The van der Waals surface area contributed by atoms with Crippen molar-refractivity contribution in [3.05, 3.63) is 190 Å². The highest BCUT2D eigenvalue weighted by atomic mass is 16.5. The lowest BCUT2D eigenvalue weighted by Gasteiger charge is -2.77. The fourth-order valence-corrected chi connectivity index (χ4v) is 37.5. The summed E-state index contributed by atoms with van der Waals surface area (Å²) in [6, 6.07) is 53.6. The maximum Gasteiger partial charge on any atom is 0.142 e. The number of phenols is 4. The molecule has 12 heteroatoms. The van der Waals surface area contributed by atoms with E-state index >= 15 is 0 Å². The lowest BCUT2D eigenvalue weighted by Crippen LogP contribution is -2.70. The molecular formula is C108H122N4O8. The molecule has 8 aromatic rings. The van der Waals surface area contributed by atoms with Gasteiger partial charge in [-0.2, -0.15) is 0 Å². The molecule has 0 saturated heterocycles. The van der Waals surface area contributed by atoms with E-state index in [1.807, 2.05) is 24.3 Å². The minimum atomic E-state index is -0.135. The van der Waals surface area contributed by atoms with Gasteiger partial charge in [0.05, 0.1) is 22.7 Å². The number of hydrogen-bond donors (Lipinski definition) is 8. The van der Waals surface area contributed by atoms with Gasteiger partial charge in [-0.15, -0.1) is 0 Å². The van der Waals surface area contributed by atoms with Gasteiger partial charge in [0.25, 0.3) is 0 Å². The average molecular weight is 1600 g/mol.